The van der Waals surface area contributed by atoms with Gasteiger partial charge in [-0.1, -0.05) is 44.4 Å². The van der Waals surface area contributed by atoms with E-state index in [4.69, 9.17) is 0 Å². The summed E-state index contributed by atoms with van der Waals surface area (Å²) in [7, 11) is 0. The number of fused-ring (bicyclic) bond motifs is 1. The first kappa shape index (κ1) is 17.1. The Morgan fingerprint density at radius 2 is 1.92 bits per heavy atom. The molecule has 2 aromatic carbocycles. The highest BCUT2D eigenvalue weighted by Gasteiger charge is 2.21. The van der Waals surface area contributed by atoms with Crippen molar-refractivity contribution in [3.8, 4) is 5.75 Å². The van der Waals surface area contributed by atoms with E-state index in [1.807, 2.05) is 30.3 Å². The second kappa shape index (κ2) is 7.88. The van der Waals surface area contributed by atoms with Crippen molar-refractivity contribution in [1.29, 1.82) is 0 Å². The highest BCUT2D eigenvalue weighted by Crippen LogP contribution is 2.26. The monoisotopic (exact) mass is 335 g/mol. The lowest BCUT2D eigenvalue weighted by molar-refractivity contribution is 0.0988. The summed E-state index contributed by atoms with van der Waals surface area (Å²) >= 11 is 0. The van der Waals surface area contributed by atoms with Crippen molar-refractivity contribution in [1.82, 2.24) is 4.98 Å². The van der Waals surface area contributed by atoms with Crippen LogP contribution >= 0.6 is 0 Å². The lowest BCUT2D eigenvalue weighted by atomic mass is 10.1. The zero-order valence-electron chi connectivity index (χ0n) is 14.5. The van der Waals surface area contributed by atoms with Gasteiger partial charge in [0.2, 0.25) is 0 Å². The fourth-order valence-corrected chi connectivity index (χ4v) is 3.00. The van der Waals surface area contributed by atoms with Crippen LogP contribution in [-0.4, -0.2) is 22.5 Å². The van der Waals surface area contributed by atoms with Gasteiger partial charge < -0.3 is 15.0 Å². The van der Waals surface area contributed by atoms with Crippen LogP contribution < -0.4 is 4.90 Å². The third-order valence-electron chi connectivity index (χ3n) is 4.36. The van der Waals surface area contributed by atoms with Crippen molar-refractivity contribution < 1.29 is 9.90 Å². The van der Waals surface area contributed by atoms with Gasteiger partial charge >= 0.3 is 0 Å². The molecular weight excluding hydrogens is 312 g/mol. The van der Waals surface area contributed by atoms with Crippen LogP contribution in [0.4, 0.5) is 5.69 Å². The molecule has 1 heterocycles. The first-order chi connectivity index (χ1) is 12.2. The van der Waals surface area contributed by atoms with Crippen molar-refractivity contribution in [2.45, 2.75) is 32.6 Å². The number of amides is 1. The molecule has 0 aliphatic rings. The topological polar surface area (TPSA) is 56.3 Å². The average molecular weight is 335 g/mol. The lowest BCUT2D eigenvalue weighted by Gasteiger charge is -2.22. The Balaban J connectivity index is 1.91. The number of hydrogen-bond acceptors (Lipinski definition) is 2. The van der Waals surface area contributed by atoms with Crippen LogP contribution in [0.1, 0.15) is 43.0 Å². The van der Waals surface area contributed by atoms with E-state index in [-0.39, 0.29) is 11.7 Å². The number of aromatic amines is 1. The Kier molecular flexibility index (Phi) is 5.39. The van der Waals surface area contributed by atoms with Crippen LogP contribution in [0.5, 0.6) is 5.75 Å². The maximum absolute atomic E-state index is 13.2. The molecule has 1 radical (unpaired) electrons. The molecule has 2 N–H and O–H groups in total. The highest BCUT2D eigenvalue weighted by atomic mass is 16.3. The van der Waals surface area contributed by atoms with Gasteiger partial charge in [-0.25, -0.2) is 0 Å². The third kappa shape index (κ3) is 3.85. The van der Waals surface area contributed by atoms with Gasteiger partial charge in [-0.3, -0.25) is 4.79 Å². The smallest absolute Gasteiger partial charge is 0.261 e. The SMILES string of the molecule is CCCCCCN(C(=O)c1[c][nH]c2ccc(O)cc12)c1ccccc1. The van der Waals surface area contributed by atoms with Crippen LogP contribution in [0.25, 0.3) is 10.9 Å². The van der Waals surface area contributed by atoms with Crippen LogP contribution in [0, 0.1) is 6.20 Å². The summed E-state index contributed by atoms with van der Waals surface area (Å²) in [6.45, 7) is 2.84. The number of anilines is 1. The van der Waals surface area contributed by atoms with Crippen molar-refractivity contribution in [2.24, 2.45) is 0 Å². The number of nitrogens with one attached hydrogen (secondary N) is 1. The molecule has 1 amide bonds. The molecular formula is C21H23N2O2. The number of unbranched alkanes of at least 4 members (excludes halogenated alkanes) is 3. The van der Waals surface area contributed by atoms with E-state index in [1.54, 1.807) is 23.1 Å². The number of benzene rings is 2. The van der Waals surface area contributed by atoms with Crippen LogP contribution in [0.2, 0.25) is 0 Å². The summed E-state index contributed by atoms with van der Waals surface area (Å²) in [4.78, 5) is 18.0. The van der Waals surface area contributed by atoms with Crippen LogP contribution in [0.15, 0.2) is 48.5 Å². The first-order valence-corrected chi connectivity index (χ1v) is 8.80. The minimum Gasteiger partial charge on any atom is -0.508 e. The summed E-state index contributed by atoms with van der Waals surface area (Å²) in [5, 5.41) is 10.5. The van der Waals surface area contributed by atoms with Gasteiger partial charge in [0.25, 0.3) is 5.91 Å². The summed E-state index contributed by atoms with van der Waals surface area (Å²) in [6.07, 6.45) is 7.36. The molecule has 0 saturated heterocycles. The van der Waals surface area contributed by atoms with E-state index in [9.17, 15) is 9.90 Å². The molecule has 3 aromatic rings. The van der Waals surface area contributed by atoms with Crippen molar-refractivity contribution in [2.75, 3.05) is 11.4 Å². The fourth-order valence-electron chi connectivity index (χ4n) is 3.00. The molecule has 4 heteroatoms. The highest BCUT2D eigenvalue weighted by molar-refractivity contribution is 6.13. The van der Waals surface area contributed by atoms with E-state index >= 15 is 0 Å². The molecule has 0 saturated carbocycles. The summed E-state index contributed by atoms with van der Waals surface area (Å²) in [5.41, 5.74) is 2.14. The van der Waals surface area contributed by atoms with Crippen molar-refractivity contribution in [3.05, 3.63) is 60.3 Å². The number of phenols is 1. The predicted octanol–water partition coefficient (Wildman–Crippen LogP) is 4.90. The summed E-state index contributed by atoms with van der Waals surface area (Å²) < 4.78 is 0. The number of aromatic hydroxyl groups is 1. The van der Waals surface area contributed by atoms with Crippen molar-refractivity contribution >= 4 is 22.5 Å². The number of phenolic OH excluding ortho intramolecular Hbond substituents is 1. The minimum atomic E-state index is -0.0976. The van der Waals surface area contributed by atoms with E-state index in [0.29, 0.717) is 17.5 Å². The minimum absolute atomic E-state index is 0.0976. The maximum atomic E-state index is 13.2. The quantitative estimate of drug-likeness (QED) is 0.603. The van der Waals surface area contributed by atoms with Gasteiger partial charge in [0.15, 0.2) is 0 Å². The Bertz CT molecular complexity index is 839. The number of rotatable bonds is 7. The van der Waals surface area contributed by atoms with E-state index < -0.39 is 0 Å². The molecule has 0 unspecified atom stereocenters. The zero-order chi connectivity index (χ0) is 17.6. The molecule has 1 aromatic heterocycles. The largest absolute Gasteiger partial charge is 0.508 e. The summed E-state index contributed by atoms with van der Waals surface area (Å²) in [6, 6.07) is 14.7. The lowest BCUT2D eigenvalue weighted by Crippen LogP contribution is -2.31. The number of hydrogen-bond donors (Lipinski definition) is 2. The Labute approximate surface area is 148 Å². The molecule has 25 heavy (non-hydrogen) atoms. The predicted molar refractivity (Wildman–Crippen MR) is 101 cm³/mol. The standard InChI is InChI=1S/C21H23N2O2/c1-2-3-4-8-13-23(16-9-6-5-7-10-16)21(25)19-15-22-20-12-11-17(24)14-18(19)20/h5-7,9-12,14,22,24H,2-4,8,13H2,1H3. The number of nitrogens with zero attached hydrogens (tertiary/aromatic N) is 1. The van der Waals surface area contributed by atoms with E-state index in [1.165, 1.54) is 6.42 Å². The Morgan fingerprint density at radius 3 is 2.68 bits per heavy atom. The number of carbonyl (C=O) groups excluding carboxylic acids is 1. The van der Waals surface area contributed by atoms with Gasteiger partial charge in [-0.15, -0.1) is 0 Å². The van der Waals surface area contributed by atoms with Crippen molar-refractivity contribution in [3.63, 3.8) is 0 Å². The number of H-pyrrole nitrogens is 1. The molecule has 0 atom stereocenters. The summed E-state index contributed by atoms with van der Waals surface area (Å²) in [5.74, 6) is 0.0447. The molecule has 0 fully saturated rings. The Morgan fingerprint density at radius 1 is 1.12 bits per heavy atom. The number of carbonyl (C=O) groups is 1. The molecule has 0 aliphatic heterocycles. The second-order valence-corrected chi connectivity index (χ2v) is 6.21. The molecule has 129 valence electrons. The molecule has 0 aliphatic carbocycles. The Hall–Kier alpha value is -2.75. The van der Waals surface area contributed by atoms with Gasteiger partial charge in [0.1, 0.15) is 5.75 Å². The van der Waals surface area contributed by atoms with E-state index in [0.717, 1.165) is 30.5 Å². The molecule has 0 bridgehead atoms. The van der Waals surface area contributed by atoms with Gasteiger partial charge in [-0.05, 0) is 36.8 Å². The fraction of sp³-hybridized carbons (Fsp3) is 0.286. The number of para-hydroxylation sites is 1. The molecule has 3 rings (SSSR count). The third-order valence-corrected chi connectivity index (χ3v) is 4.36. The molecule has 0 spiro atoms. The van der Waals surface area contributed by atoms with Gasteiger partial charge in [0, 0.05) is 23.1 Å². The van der Waals surface area contributed by atoms with Gasteiger partial charge in [-0.2, -0.15) is 0 Å². The molecule has 4 nitrogen and oxygen atoms in total. The van der Waals surface area contributed by atoms with Gasteiger partial charge in [0.05, 0.1) is 11.8 Å². The maximum Gasteiger partial charge on any atom is 0.261 e. The second-order valence-electron chi connectivity index (χ2n) is 6.21. The zero-order valence-corrected chi connectivity index (χ0v) is 14.5. The average Bonchev–Trinajstić information content (AvgIpc) is 3.05. The van der Waals surface area contributed by atoms with Crippen LogP contribution in [0.3, 0.4) is 0 Å². The number of aromatic nitrogens is 1. The normalized spacial score (nSPS) is 10.9. The van der Waals surface area contributed by atoms with Crippen LogP contribution in [-0.2, 0) is 0 Å². The van der Waals surface area contributed by atoms with E-state index in [2.05, 4.69) is 18.1 Å². The first-order valence-electron chi connectivity index (χ1n) is 8.80.